The van der Waals surface area contributed by atoms with Gasteiger partial charge in [-0.2, -0.15) is 0 Å². The van der Waals surface area contributed by atoms with E-state index in [1.807, 2.05) is 12.1 Å². The molecule has 0 radical (unpaired) electrons. The average Bonchev–Trinajstić information content (AvgIpc) is 2.40. The van der Waals surface area contributed by atoms with Crippen molar-refractivity contribution in [3.63, 3.8) is 0 Å². The van der Waals surface area contributed by atoms with Gasteiger partial charge in [0.25, 0.3) is 0 Å². The summed E-state index contributed by atoms with van der Waals surface area (Å²) in [6, 6.07) is 12.1. The van der Waals surface area contributed by atoms with Gasteiger partial charge in [-0.15, -0.1) is 0 Å². The third kappa shape index (κ3) is 2.87. The fourth-order valence-electron chi connectivity index (χ4n) is 1.68. The molecule has 0 saturated carbocycles. The summed E-state index contributed by atoms with van der Waals surface area (Å²) in [5.74, 6) is 0. The zero-order chi connectivity index (χ0) is 12.1. The molecule has 0 atom stereocenters. The molecule has 0 fully saturated rings. The summed E-state index contributed by atoms with van der Waals surface area (Å²) >= 11 is 0.382. The smallest absolute Gasteiger partial charge is 0.0964 e. The van der Waals surface area contributed by atoms with E-state index in [0.717, 1.165) is 21.8 Å². The van der Waals surface area contributed by atoms with E-state index < -0.39 is 0 Å². The molecule has 3 aromatic rings. The molecule has 0 spiro atoms. The molecular weight excluding hydrogens is 302 g/mol. The predicted octanol–water partition coefficient (Wildman–Crippen LogP) is 4.16. The van der Waals surface area contributed by atoms with Gasteiger partial charge in [-0.05, 0) is 12.1 Å². The molecule has 3 rings (SSSR count). The van der Waals surface area contributed by atoms with Crippen LogP contribution in [0.1, 0.15) is 0 Å². The van der Waals surface area contributed by atoms with Crippen LogP contribution in [0.2, 0.25) is 0 Å². The summed E-state index contributed by atoms with van der Waals surface area (Å²) in [5.41, 5.74) is 1.95. The van der Waals surface area contributed by atoms with Crippen molar-refractivity contribution in [1.29, 1.82) is 0 Å². The molecule has 0 aliphatic heterocycles. The van der Waals surface area contributed by atoms with Gasteiger partial charge in [-0.3, -0.25) is 9.97 Å². The maximum Gasteiger partial charge on any atom is 0.0964 e. The largest absolute Gasteiger partial charge is 0.254 e. The number of hydrogen-bond donors (Lipinski definition) is 0. The van der Waals surface area contributed by atoms with E-state index in [0.29, 0.717) is 12.9 Å². The molecule has 0 saturated heterocycles. The minimum atomic E-state index is 0.382. The number of benzene rings is 1. The van der Waals surface area contributed by atoms with Crippen molar-refractivity contribution < 1.29 is 12.9 Å². The first kappa shape index (κ1) is 12.6. The minimum Gasteiger partial charge on any atom is -0.254 e. The van der Waals surface area contributed by atoms with Crippen LogP contribution in [0.5, 0.6) is 0 Å². The standard InChI is InChI=1S/C12H8N2.2ClH.Co/c1-3-9-5-6-10-4-2-8-14-12(10)11(9)13-7-1;;;/h1-8H;2*1H;/q;;;+2/p-2. The number of aromatic nitrogens is 2. The molecule has 5 heteroatoms. The average molecular weight is 310 g/mol. The monoisotopic (exact) mass is 309 g/mol. The minimum absolute atomic E-state index is 0.382. The maximum atomic E-state index is 4.73. The summed E-state index contributed by atoms with van der Waals surface area (Å²) in [6.07, 6.45) is 3.60. The van der Waals surface area contributed by atoms with E-state index in [1.54, 1.807) is 12.4 Å². The fourth-order valence-corrected chi connectivity index (χ4v) is 1.68. The number of fused-ring (bicyclic) bond motifs is 3. The fraction of sp³-hybridized carbons (Fsp3) is 0. The second kappa shape index (κ2) is 6.17. The van der Waals surface area contributed by atoms with Gasteiger partial charge in [-0.1, -0.05) is 24.3 Å². The van der Waals surface area contributed by atoms with Crippen molar-refractivity contribution in [3.8, 4) is 0 Å². The molecule has 0 unspecified atom stereocenters. The van der Waals surface area contributed by atoms with Crippen LogP contribution in [0.15, 0.2) is 48.8 Å². The summed E-state index contributed by atoms with van der Waals surface area (Å²) in [5, 5.41) is 2.28. The van der Waals surface area contributed by atoms with Gasteiger partial charge in [0.2, 0.25) is 0 Å². The van der Waals surface area contributed by atoms with Crippen LogP contribution in [-0.4, -0.2) is 9.97 Å². The Morgan fingerprint density at radius 3 is 1.59 bits per heavy atom. The number of pyridine rings is 2. The molecule has 0 aliphatic rings. The SMILES string of the molecule is [Cl][Co][Cl].c1cnc2c(c1)ccc1cccnc12. The van der Waals surface area contributed by atoms with Crippen molar-refractivity contribution in [2.45, 2.75) is 0 Å². The summed E-state index contributed by atoms with van der Waals surface area (Å²) < 4.78 is 0. The summed E-state index contributed by atoms with van der Waals surface area (Å²) in [4.78, 5) is 8.69. The molecule has 17 heavy (non-hydrogen) atoms. The molecule has 1 aromatic carbocycles. The third-order valence-electron chi connectivity index (χ3n) is 2.34. The molecule has 0 amide bonds. The first-order valence-corrected chi connectivity index (χ1v) is 7.65. The molecule has 0 aliphatic carbocycles. The van der Waals surface area contributed by atoms with Crippen LogP contribution >= 0.6 is 20.3 Å². The second-order valence-corrected chi connectivity index (χ2v) is 4.98. The third-order valence-corrected chi connectivity index (χ3v) is 2.34. The molecule has 0 N–H and O–H groups in total. The normalized spacial score (nSPS) is 10.2. The maximum absolute atomic E-state index is 4.73. The van der Waals surface area contributed by atoms with E-state index in [1.165, 1.54) is 0 Å². The Labute approximate surface area is 113 Å². The molecule has 89 valence electrons. The molecule has 2 aromatic heterocycles. The predicted molar refractivity (Wildman–Crippen MR) is 68.8 cm³/mol. The Kier molecular flexibility index (Phi) is 4.56. The van der Waals surface area contributed by atoms with Gasteiger partial charge in [0, 0.05) is 23.2 Å². The zero-order valence-electron chi connectivity index (χ0n) is 8.60. The van der Waals surface area contributed by atoms with Crippen molar-refractivity contribution in [2.24, 2.45) is 0 Å². The topological polar surface area (TPSA) is 25.8 Å². The van der Waals surface area contributed by atoms with Gasteiger partial charge in [-0.25, -0.2) is 0 Å². The van der Waals surface area contributed by atoms with E-state index in [-0.39, 0.29) is 0 Å². The Hall–Kier alpha value is -0.874. The van der Waals surface area contributed by atoms with E-state index in [4.69, 9.17) is 20.3 Å². The van der Waals surface area contributed by atoms with Crippen molar-refractivity contribution in [3.05, 3.63) is 48.8 Å². The molecule has 2 heterocycles. The van der Waals surface area contributed by atoms with E-state index in [9.17, 15) is 0 Å². The molecular formula is C12H8Cl2CoN2. The second-order valence-electron chi connectivity index (χ2n) is 3.26. The van der Waals surface area contributed by atoms with Crippen molar-refractivity contribution in [1.82, 2.24) is 9.97 Å². The Morgan fingerprint density at radius 2 is 1.18 bits per heavy atom. The van der Waals surface area contributed by atoms with Gasteiger partial charge in [0.15, 0.2) is 0 Å². The quantitative estimate of drug-likeness (QED) is 0.583. The Bertz CT molecular complexity index is 576. The van der Waals surface area contributed by atoms with E-state index >= 15 is 0 Å². The van der Waals surface area contributed by atoms with Crippen molar-refractivity contribution >= 4 is 42.1 Å². The van der Waals surface area contributed by atoms with Gasteiger partial charge < -0.3 is 0 Å². The number of nitrogens with zero attached hydrogens (tertiary/aromatic N) is 2. The van der Waals surface area contributed by atoms with Crippen LogP contribution in [0.4, 0.5) is 0 Å². The van der Waals surface area contributed by atoms with Crippen LogP contribution in [0.3, 0.4) is 0 Å². The van der Waals surface area contributed by atoms with Gasteiger partial charge >= 0.3 is 33.2 Å². The van der Waals surface area contributed by atoms with Crippen LogP contribution in [0, 0.1) is 0 Å². The first-order chi connectivity index (χ1) is 8.36. The van der Waals surface area contributed by atoms with Crippen LogP contribution in [-0.2, 0) is 12.9 Å². The number of rotatable bonds is 0. The van der Waals surface area contributed by atoms with Gasteiger partial charge in [0.05, 0.1) is 11.0 Å². The van der Waals surface area contributed by atoms with E-state index in [2.05, 4.69) is 34.2 Å². The van der Waals surface area contributed by atoms with Crippen LogP contribution < -0.4 is 0 Å². The molecule has 2 nitrogen and oxygen atoms in total. The van der Waals surface area contributed by atoms with Crippen LogP contribution in [0.25, 0.3) is 21.8 Å². The first-order valence-electron chi connectivity index (χ1n) is 4.79. The zero-order valence-corrected chi connectivity index (χ0v) is 11.2. The summed E-state index contributed by atoms with van der Waals surface area (Å²) in [7, 11) is 9.47. The summed E-state index contributed by atoms with van der Waals surface area (Å²) in [6.45, 7) is 0. The molecule has 0 bridgehead atoms. The van der Waals surface area contributed by atoms with Gasteiger partial charge in [0.1, 0.15) is 0 Å². The Morgan fingerprint density at radius 1 is 0.765 bits per heavy atom. The Balaban J connectivity index is 0.000000329. The number of halogens is 2. The number of hydrogen-bond acceptors (Lipinski definition) is 2. The van der Waals surface area contributed by atoms with Crippen molar-refractivity contribution in [2.75, 3.05) is 0 Å².